The second kappa shape index (κ2) is 11.2. The first-order valence-electron chi connectivity index (χ1n) is 10.7. The van der Waals surface area contributed by atoms with Gasteiger partial charge in [-0.25, -0.2) is 4.79 Å². The highest BCUT2D eigenvalue weighted by atomic mass is 16.4. The van der Waals surface area contributed by atoms with E-state index in [1.807, 2.05) is 25.1 Å². The number of carbonyl (C=O) groups excluding carboxylic acids is 1. The summed E-state index contributed by atoms with van der Waals surface area (Å²) < 4.78 is 0. The van der Waals surface area contributed by atoms with Crippen molar-refractivity contribution < 1.29 is 14.7 Å². The number of hydrogen-bond acceptors (Lipinski definition) is 3. The molecule has 1 aliphatic heterocycles. The topological polar surface area (TPSA) is 69.6 Å². The van der Waals surface area contributed by atoms with Crippen molar-refractivity contribution in [3.63, 3.8) is 0 Å². The molecule has 0 unspecified atom stereocenters. The Morgan fingerprint density at radius 2 is 1.79 bits per heavy atom. The minimum Gasteiger partial charge on any atom is -0.480 e. The van der Waals surface area contributed by atoms with Crippen molar-refractivity contribution in [3.05, 3.63) is 35.4 Å². The summed E-state index contributed by atoms with van der Waals surface area (Å²) in [6.07, 6.45) is 5.92. The Labute approximate surface area is 169 Å². The predicted molar refractivity (Wildman–Crippen MR) is 112 cm³/mol. The molecule has 156 valence electrons. The molecule has 1 amide bonds. The number of hydrogen-bond donors (Lipinski definition) is 2. The van der Waals surface area contributed by atoms with Crippen LogP contribution >= 0.6 is 0 Å². The van der Waals surface area contributed by atoms with Crippen molar-refractivity contribution >= 4 is 11.9 Å². The molecule has 5 heteroatoms. The van der Waals surface area contributed by atoms with Gasteiger partial charge in [-0.1, -0.05) is 44.5 Å². The molecule has 0 aliphatic carbocycles. The summed E-state index contributed by atoms with van der Waals surface area (Å²) in [4.78, 5) is 26.8. The fourth-order valence-corrected chi connectivity index (χ4v) is 3.98. The lowest BCUT2D eigenvalue weighted by Crippen LogP contribution is -2.43. The van der Waals surface area contributed by atoms with Gasteiger partial charge < -0.3 is 15.3 Å². The van der Waals surface area contributed by atoms with Gasteiger partial charge in [0.1, 0.15) is 6.04 Å². The second-order valence-electron chi connectivity index (χ2n) is 8.46. The number of aliphatic carboxylic acids is 1. The first-order valence-corrected chi connectivity index (χ1v) is 10.7. The Bertz CT molecular complexity index is 638. The van der Waals surface area contributed by atoms with Crippen LogP contribution in [0, 0.1) is 5.92 Å². The largest absolute Gasteiger partial charge is 0.480 e. The summed E-state index contributed by atoms with van der Waals surface area (Å²) in [5.74, 6) is -1.02. The minimum absolute atomic E-state index is 0.207. The van der Waals surface area contributed by atoms with Crippen LogP contribution in [-0.4, -0.2) is 47.6 Å². The molecule has 1 aromatic carbocycles. The van der Waals surface area contributed by atoms with Crippen LogP contribution in [0.15, 0.2) is 24.3 Å². The number of carboxylic acid groups (broad SMARTS) is 1. The van der Waals surface area contributed by atoms with Crippen LogP contribution in [0.5, 0.6) is 0 Å². The van der Waals surface area contributed by atoms with Crippen LogP contribution in [-0.2, 0) is 16.0 Å². The van der Waals surface area contributed by atoms with Gasteiger partial charge in [0.05, 0.1) is 5.92 Å². The van der Waals surface area contributed by atoms with Gasteiger partial charge in [-0.05, 0) is 75.7 Å². The molecule has 1 saturated heterocycles. The lowest BCUT2D eigenvalue weighted by atomic mass is 9.90. The van der Waals surface area contributed by atoms with Crippen molar-refractivity contribution in [3.8, 4) is 0 Å². The van der Waals surface area contributed by atoms with Gasteiger partial charge in [0.25, 0.3) is 0 Å². The van der Waals surface area contributed by atoms with E-state index < -0.39 is 12.0 Å². The van der Waals surface area contributed by atoms with E-state index in [1.54, 1.807) is 0 Å². The molecule has 2 N–H and O–H groups in total. The van der Waals surface area contributed by atoms with Crippen LogP contribution < -0.4 is 5.32 Å². The zero-order chi connectivity index (χ0) is 20.5. The Morgan fingerprint density at radius 1 is 1.11 bits per heavy atom. The summed E-state index contributed by atoms with van der Waals surface area (Å²) in [5.41, 5.74) is 2.16. The number of nitrogens with zero attached hydrogens (tertiary/aromatic N) is 1. The normalized spacial score (nSPS) is 17.3. The lowest BCUT2D eigenvalue weighted by molar-refractivity contribution is -0.142. The molecular weight excluding hydrogens is 352 g/mol. The highest BCUT2D eigenvalue weighted by Crippen LogP contribution is 2.23. The highest BCUT2D eigenvalue weighted by Gasteiger charge is 2.25. The van der Waals surface area contributed by atoms with Crippen LogP contribution in [0.4, 0.5) is 0 Å². The predicted octanol–water partition coefficient (Wildman–Crippen LogP) is 3.82. The highest BCUT2D eigenvalue weighted by molar-refractivity contribution is 5.88. The van der Waals surface area contributed by atoms with Crippen molar-refractivity contribution in [1.82, 2.24) is 10.2 Å². The molecule has 1 aliphatic rings. The Morgan fingerprint density at radius 3 is 2.43 bits per heavy atom. The number of piperidine rings is 1. The Balaban J connectivity index is 1.93. The third-order valence-electron chi connectivity index (χ3n) is 5.57. The van der Waals surface area contributed by atoms with E-state index in [-0.39, 0.29) is 11.8 Å². The average Bonchev–Trinajstić information content (AvgIpc) is 2.67. The van der Waals surface area contributed by atoms with Crippen molar-refractivity contribution in [2.45, 2.75) is 71.3 Å². The average molecular weight is 389 g/mol. The quantitative estimate of drug-likeness (QED) is 0.639. The number of carbonyl (C=O) groups is 2. The maximum atomic E-state index is 12.8. The van der Waals surface area contributed by atoms with E-state index in [0.717, 1.165) is 43.6 Å². The van der Waals surface area contributed by atoms with E-state index in [9.17, 15) is 14.7 Å². The molecule has 0 radical (unpaired) electrons. The molecule has 1 heterocycles. The summed E-state index contributed by atoms with van der Waals surface area (Å²) >= 11 is 0. The second-order valence-corrected chi connectivity index (χ2v) is 8.46. The van der Waals surface area contributed by atoms with Gasteiger partial charge in [0.2, 0.25) is 5.91 Å². The monoisotopic (exact) mass is 388 g/mol. The first-order chi connectivity index (χ1) is 13.4. The third-order valence-corrected chi connectivity index (χ3v) is 5.57. The van der Waals surface area contributed by atoms with E-state index in [1.165, 1.54) is 19.3 Å². The number of rotatable bonds is 10. The Hall–Kier alpha value is -1.88. The van der Waals surface area contributed by atoms with E-state index >= 15 is 0 Å². The third kappa shape index (κ3) is 6.93. The van der Waals surface area contributed by atoms with Crippen LogP contribution in [0.25, 0.3) is 0 Å². The molecule has 0 spiro atoms. The molecule has 0 bridgehead atoms. The van der Waals surface area contributed by atoms with Gasteiger partial charge >= 0.3 is 5.97 Å². The standard InChI is InChI=1S/C23H36N2O3/c1-17(2)16-19-10-5-6-11-20(19)18(3)22(26)24-21(23(27)28)12-9-15-25-13-7-4-8-14-25/h5-6,10-11,17-18,21H,4,7-9,12-16H2,1-3H3,(H,24,26)(H,27,28)/t18-,21+/m0/s1. The summed E-state index contributed by atoms with van der Waals surface area (Å²) in [5, 5.41) is 12.3. The molecular formula is C23H36N2O3. The summed E-state index contributed by atoms with van der Waals surface area (Å²) in [7, 11) is 0. The molecule has 5 nitrogen and oxygen atoms in total. The number of likely N-dealkylation sites (tertiary alicyclic amines) is 1. The van der Waals surface area contributed by atoms with E-state index in [4.69, 9.17) is 0 Å². The van der Waals surface area contributed by atoms with Gasteiger partial charge in [0.15, 0.2) is 0 Å². The number of amides is 1. The summed E-state index contributed by atoms with van der Waals surface area (Å²) in [6.45, 7) is 9.30. The number of benzene rings is 1. The molecule has 1 aromatic rings. The zero-order valence-electron chi connectivity index (χ0n) is 17.6. The van der Waals surface area contributed by atoms with Gasteiger partial charge in [0, 0.05) is 0 Å². The minimum atomic E-state index is -0.949. The molecule has 0 saturated carbocycles. The molecule has 1 fully saturated rings. The van der Waals surface area contributed by atoms with Crippen molar-refractivity contribution in [1.29, 1.82) is 0 Å². The van der Waals surface area contributed by atoms with Crippen LogP contribution in [0.1, 0.15) is 69.9 Å². The van der Waals surface area contributed by atoms with Crippen molar-refractivity contribution in [2.24, 2.45) is 5.92 Å². The van der Waals surface area contributed by atoms with Gasteiger partial charge in [-0.2, -0.15) is 0 Å². The van der Waals surface area contributed by atoms with Crippen LogP contribution in [0.2, 0.25) is 0 Å². The molecule has 2 rings (SSSR count). The molecule has 0 aromatic heterocycles. The fourth-order valence-electron chi connectivity index (χ4n) is 3.98. The number of carboxylic acids is 1. The summed E-state index contributed by atoms with van der Waals surface area (Å²) in [6, 6.07) is 7.15. The maximum Gasteiger partial charge on any atom is 0.326 e. The fraction of sp³-hybridized carbons (Fsp3) is 0.652. The van der Waals surface area contributed by atoms with E-state index in [0.29, 0.717) is 12.3 Å². The zero-order valence-corrected chi connectivity index (χ0v) is 17.6. The molecule has 28 heavy (non-hydrogen) atoms. The van der Waals surface area contributed by atoms with Gasteiger partial charge in [-0.3, -0.25) is 4.79 Å². The smallest absolute Gasteiger partial charge is 0.326 e. The SMILES string of the molecule is CC(C)Cc1ccccc1[C@H](C)C(=O)N[C@H](CCCN1CCCCC1)C(=O)O. The van der Waals surface area contributed by atoms with Gasteiger partial charge in [-0.15, -0.1) is 0 Å². The number of nitrogens with one attached hydrogen (secondary N) is 1. The van der Waals surface area contributed by atoms with Crippen LogP contribution in [0.3, 0.4) is 0 Å². The first kappa shape index (κ1) is 22.4. The maximum absolute atomic E-state index is 12.8. The Kier molecular flexibility index (Phi) is 8.97. The lowest BCUT2D eigenvalue weighted by Gasteiger charge is -2.27. The molecule has 2 atom stereocenters. The van der Waals surface area contributed by atoms with Crippen molar-refractivity contribution in [2.75, 3.05) is 19.6 Å². The van der Waals surface area contributed by atoms with E-state index in [2.05, 4.69) is 30.1 Å².